The van der Waals surface area contributed by atoms with Gasteiger partial charge < -0.3 is 4.74 Å². The number of para-hydroxylation sites is 1. The van der Waals surface area contributed by atoms with Gasteiger partial charge in [0.05, 0.1) is 27.0 Å². The van der Waals surface area contributed by atoms with Gasteiger partial charge in [-0.15, -0.1) is 0 Å². The molecule has 34 heavy (non-hydrogen) atoms. The number of aromatic nitrogens is 2. The largest absolute Gasteiger partial charge is 0.452 e. The first kappa shape index (κ1) is 21.7. The van der Waals surface area contributed by atoms with Gasteiger partial charge in [-0.3, -0.25) is 10.1 Å². The van der Waals surface area contributed by atoms with Crippen LogP contribution in [0.1, 0.15) is 21.5 Å². The van der Waals surface area contributed by atoms with E-state index in [1.54, 1.807) is 6.07 Å². The first-order valence-corrected chi connectivity index (χ1v) is 11.6. The Morgan fingerprint density at radius 1 is 0.941 bits per heavy atom. The summed E-state index contributed by atoms with van der Waals surface area (Å²) in [5.41, 5.74) is 5.65. The van der Waals surface area contributed by atoms with Gasteiger partial charge in [-0.25, -0.2) is 14.8 Å². The molecule has 0 unspecified atom stereocenters. The van der Waals surface area contributed by atoms with Crippen LogP contribution in [0.4, 0.5) is 5.13 Å². The van der Waals surface area contributed by atoms with Crippen LogP contribution >= 0.6 is 11.3 Å². The smallest absolute Gasteiger partial charge is 0.339 e. The molecule has 0 aliphatic carbocycles. The Hall–Kier alpha value is -4.10. The van der Waals surface area contributed by atoms with Crippen LogP contribution in [0.2, 0.25) is 0 Å². The second kappa shape index (κ2) is 9.03. The summed E-state index contributed by atoms with van der Waals surface area (Å²) < 4.78 is 6.38. The average Bonchev–Trinajstić information content (AvgIpc) is 3.25. The predicted molar refractivity (Wildman–Crippen MR) is 135 cm³/mol. The van der Waals surface area contributed by atoms with E-state index < -0.39 is 18.5 Å². The predicted octanol–water partition coefficient (Wildman–Crippen LogP) is 5.92. The highest BCUT2D eigenvalue weighted by molar-refractivity contribution is 7.22. The zero-order valence-corrected chi connectivity index (χ0v) is 19.5. The highest BCUT2D eigenvalue weighted by Gasteiger charge is 2.17. The number of aryl methyl sites for hydroxylation is 2. The molecule has 5 rings (SSSR count). The summed E-state index contributed by atoms with van der Waals surface area (Å²) >= 11 is 1.39. The van der Waals surface area contributed by atoms with Crippen LogP contribution < -0.4 is 5.32 Å². The monoisotopic (exact) mass is 467 g/mol. The van der Waals surface area contributed by atoms with Gasteiger partial charge in [0, 0.05) is 10.9 Å². The van der Waals surface area contributed by atoms with Crippen molar-refractivity contribution in [1.82, 2.24) is 9.97 Å². The van der Waals surface area contributed by atoms with E-state index in [4.69, 9.17) is 4.74 Å². The Bertz CT molecular complexity index is 1540. The summed E-state index contributed by atoms with van der Waals surface area (Å²) in [6.45, 7) is 3.60. The van der Waals surface area contributed by atoms with Crippen molar-refractivity contribution in [1.29, 1.82) is 0 Å². The number of nitrogens with zero attached hydrogens (tertiary/aromatic N) is 2. The summed E-state index contributed by atoms with van der Waals surface area (Å²) in [6, 6.07) is 22.8. The van der Waals surface area contributed by atoms with Crippen LogP contribution in [0.3, 0.4) is 0 Å². The summed E-state index contributed by atoms with van der Waals surface area (Å²) in [7, 11) is 0. The summed E-state index contributed by atoms with van der Waals surface area (Å²) in [5, 5.41) is 3.89. The molecule has 0 bridgehead atoms. The second-order valence-electron chi connectivity index (χ2n) is 8.01. The molecule has 5 aromatic rings. The van der Waals surface area contributed by atoms with Crippen molar-refractivity contribution in [3.05, 3.63) is 89.5 Å². The minimum absolute atomic E-state index is 0.364. The normalized spacial score (nSPS) is 11.0. The minimum atomic E-state index is -0.582. The van der Waals surface area contributed by atoms with Crippen molar-refractivity contribution in [3.63, 3.8) is 0 Å². The van der Waals surface area contributed by atoms with Crippen LogP contribution in [0.25, 0.3) is 32.4 Å². The Morgan fingerprint density at radius 3 is 2.53 bits per heavy atom. The van der Waals surface area contributed by atoms with Crippen LogP contribution in [-0.2, 0) is 9.53 Å². The van der Waals surface area contributed by atoms with Gasteiger partial charge in [0.25, 0.3) is 5.91 Å². The van der Waals surface area contributed by atoms with E-state index >= 15 is 0 Å². The number of esters is 1. The average molecular weight is 468 g/mol. The van der Waals surface area contributed by atoms with Crippen LogP contribution in [0.15, 0.2) is 72.8 Å². The minimum Gasteiger partial charge on any atom is -0.452 e. The summed E-state index contributed by atoms with van der Waals surface area (Å²) in [6.07, 6.45) is 0. The molecular weight excluding hydrogens is 446 g/mol. The first-order valence-electron chi connectivity index (χ1n) is 10.8. The van der Waals surface area contributed by atoms with Crippen molar-refractivity contribution < 1.29 is 14.3 Å². The zero-order chi connectivity index (χ0) is 23.7. The lowest BCUT2D eigenvalue weighted by molar-refractivity contribution is -0.119. The SMILES string of the molecule is Cc1cc(C)c2nc(NC(=O)COC(=O)c3cc(-c4ccccc4)nc4ccccc34)sc2c1. The van der Waals surface area contributed by atoms with E-state index in [1.165, 1.54) is 11.3 Å². The van der Waals surface area contributed by atoms with E-state index in [-0.39, 0.29) is 0 Å². The molecular formula is C27H21N3O3S. The lowest BCUT2D eigenvalue weighted by Crippen LogP contribution is -2.21. The Balaban J connectivity index is 1.35. The zero-order valence-electron chi connectivity index (χ0n) is 18.7. The number of amides is 1. The van der Waals surface area contributed by atoms with Crippen LogP contribution in [-0.4, -0.2) is 28.5 Å². The third-order valence-electron chi connectivity index (χ3n) is 5.42. The van der Waals surface area contributed by atoms with Crippen LogP contribution in [0.5, 0.6) is 0 Å². The van der Waals surface area contributed by atoms with E-state index in [2.05, 4.69) is 21.4 Å². The third-order valence-corrected chi connectivity index (χ3v) is 6.33. The van der Waals surface area contributed by atoms with E-state index in [1.807, 2.05) is 74.5 Å². The van der Waals surface area contributed by atoms with E-state index in [0.29, 0.717) is 27.3 Å². The Morgan fingerprint density at radius 2 is 1.71 bits per heavy atom. The fourth-order valence-electron chi connectivity index (χ4n) is 3.89. The maximum atomic E-state index is 13.0. The third kappa shape index (κ3) is 4.38. The molecule has 1 amide bonds. The van der Waals surface area contributed by atoms with Crippen LogP contribution in [0, 0.1) is 13.8 Å². The van der Waals surface area contributed by atoms with Crippen molar-refractivity contribution >= 4 is 49.5 Å². The lowest BCUT2D eigenvalue weighted by Gasteiger charge is -2.10. The number of carbonyl (C=O) groups is 2. The summed E-state index contributed by atoms with van der Waals surface area (Å²) in [4.78, 5) is 34.7. The topological polar surface area (TPSA) is 81.2 Å². The number of pyridine rings is 1. The Labute approximate surface area is 200 Å². The molecule has 0 aliphatic heterocycles. The molecule has 0 saturated carbocycles. The van der Waals surface area contributed by atoms with Gasteiger partial charge in [-0.1, -0.05) is 65.9 Å². The molecule has 0 atom stereocenters. The number of hydrogen-bond donors (Lipinski definition) is 1. The molecule has 3 aromatic carbocycles. The van der Waals surface area contributed by atoms with E-state index in [9.17, 15) is 9.59 Å². The molecule has 0 aliphatic rings. The molecule has 0 radical (unpaired) electrons. The van der Waals surface area contributed by atoms with E-state index in [0.717, 1.165) is 26.9 Å². The number of hydrogen-bond acceptors (Lipinski definition) is 6. The van der Waals surface area contributed by atoms with Gasteiger partial charge in [0.2, 0.25) is 0 Å². The number of anilines is 1. The number of thiazole rings is 1. The fourth-order valence-corrected chi connectivity index (χ4v) is 4.95. The van der Waals surface area contributed by atoms with Gasteiger partial charge in [-0.05, 0) is 43.2 Å². The second-order valence-corrected chi connectivity index (χ2v) is 9.04. The summed E-state index contributed by atoms with van der Waals surface area (Å²) in [5.74, 6) is -1.02. The molecule has 7 heteroatoms. The number of rotatable bonds is 5. The first-order chi connectivity index (χ1) is 16.5. The molecule has 0 spiro atoms. The molecule has 2 heterocycles. The molecule has 0 saturated heterocycles. The van der Waals surface area contributed by atoms with Crippen molar-refractivity contribution in [3.8, 4) is 11.3 Å². The fraction of sp³-hybridized carbons (Fsp3) is 0.111. The molecule has 168 valence electrons. The maximum Gasteiger partial charge on any atom is 0.339 e. The number of nitrogens with one attached hydrogen (secondary N) is 1. The van der Waals surface area contributed by atoms with Gasteiger partial charge in [0.15, 0.2) is 11.7 Å². The maximum absolute atomic E-state index is 13.0. The molecule has 0 fully saturated rings. The molecule has 2 aromatic heterocycles. The number of fused-ring (bicyclic) bond motifs is 2. The van der Waals surface area contributed by atoms with Crippen molar-refractivity contribution in [2.75, 3.05) is 11.9 Å². The Kier molecular flexibility index (Phi) is 5.77. The molecule has 1 N–H and O–H groups in total. The lowest BCUT2D eigenvalue weighted by atomic mass is 10.0. The highest BCUT2D eigenvalue weighted by atomic mass is 32.1. The van der Waals surface area contributed by atoms with Gasteiger partial charge >= 0.3 is 5.97 Å². The van der Waals surface area contributed by atoms with Gasteiger partial charge in [-0.2, -0.15) is 0 Å². The van der Waals surface area contributed by atoms with Crippen molar-refractivity contribution in [2.45, 2.75) is 13.8 Å². The van der Waals surface area contributed by atoms with Crippen molar-refractivity contribution in [2.24, 2.45) is 0 Å². The number of ether oxygens (including phenoxy) is 1. The quantitative estimate of drug-likeness (QED) is 0.324. The standard InChI is InChI=1S/C27H21N3O3S/c1-16-12-17(2)25-23(13-16)34-27(30-25)29-24(31)15-33-26(32)20-14-22(18-8-4-3-5-9-18)28-21-11-7-6-10-19(20)21/h3-14H,15H2,1-2H3,(H,29,30,31). The number of benzene rings is 3. The molecule has 6 nitrogen and oxygen atoms in total. The highest BCUT2D eigenvalue weighted by Crippen LogP contribution is 2.29. The van der Waals surface area contributed by atoms with Gasteiger partial charge in [0.1, 0.15) is 0 Å². The number of carbonyl (C=O) groups excluding carboxylic acids is 2.